The molecule has 17 heavy (non-hydrogen) atoms. The summed E-state index contributed by atoms with van der Waals surface area (Å²) in [5.74, 6) is 0. The lowest BCUT2D eigenvalue weighted by Crippen LogP contribution is -2.49. The molecular formula is C14H21ClN2. The van der Waals surface area contributed by atoms with Gasteiger partial charge in [0.15, 0.2) is 0 Å². The summed E-state index contributed by atoms with van der Waals surface area (Å²) in [5, 5.41) is 4.31. The first-order chi connectivity index (χ1) is 8.13. The molecule has 1 aromatic carbocycles. The van der Waals surface area contributed by atoms with Crippen LogP contribution in [0, 0.1) is 0 Å². The van der Waals surface area contributed by atoms with E-state index >= 15 is 0 Å². The third-order valence-electron chi connectivity index (χ3n) is 3.91. The quantitative estimate of drug-likeness (QED) is 0.890. The fourth-order valence-electron chi connectivity index (χ4n) is 2.32. The smallest absolute Gasteiger partial charge is 0.0451 e. The monoisotopic (exact) mass is 252 g/mol. The third kappa shape index (κ3) is 3.21. The zero-order valence-corrected chi connectivity index (χ0v) is 11.4. The molecule has 1 aromatic rings. The van der Waals surface area contributed by atoms with Gasteiger partial charge < -0.3 is 5.32 Å². The lowest BCUT2D eigenvalue weighted by atomic mass is 9.90. The molecule has 1 N–H and O–H groups in total. The van der Waals surface area contributed by atoms with Gasteiger partial charge in [0.05, 0.1) is 0 Å². The van der Waals surface area contributed by atoms with Crippen molar-refractivity contribution in [3.8, 4) is 0 Å². The molecule has 0 unspecified atom stereocenters. The second kappa shape index (κ2) is 5.38. The van der Waals surface area contributed by atoms with Crippen LogP contribution in [-0.4, -0.2) is 30.6 Å². The number of halogens is 1. The summed E-state index contributed by atoms with van der Waals surface area (Å²) in [7, 11) is 2.06. The van der Waals surface area contributed by atoms with Crippen molar-refractivity contribution in [3.05, 3.63) is 34.9 Å². The van der Waals surface area contributed by atoms with Gasteiger partial charge in [0.25, 0.3) is 0 Å². The third-order valence-corrected chi connectivity index (χ3v) is 4.28. The molecule has 3 heteroatoms. The summed E-state index contributed by atoms with van der Waals surface area (Å²) in [6.45, 7) is 5.56. The van der Waals surface area contributed by atoms with Crippen molar-refractivity contribution in [2.75, 3.05) is 20.1 Å². The molecule has 1 fully saturated rings. The lowest BCUT2D eigenvalue weighted by Gasteiger charge is -2.39. The Labute approximate surface area is 109 Å². The molecule has 0 aromatic heterocycles. The molecule has 0 radical (unpaired) electrons. The predicted octanol–water partition coefficient (Wildman–Crippen LogP) is 2.91. The van der Waals surface area contributed by atoms with E-state index in [1.54, 1.807) is 0 Å². The van der Waals surface area contributed by atoms with Crippen LogP contribution in [0.15, 0.2) is 24.3 Å². The Balaban J connectivity index is 1.93. The minimum atomic E-state index is 0.316. The van der Waals surface area contributed by atoms with Gasteiger partial charge in [0, 0.05) is 30.2 Å². The Bertz CT molecular complexity index is 370. The van der Waals surface area contributed by atoms with Gasteiger partial charge >= 0.3 is 0 Å². The first-order valence-corrected chi connectivity index (χ1v) is 6.65. The SMILES string of the molecule is CNC1(C)CCN(Cc2ccccc2Cl)CC1. The van der Waals surface area contributed by atoms with Gasteiger partial charge in [-0.05, 0) is 38.4 Å². The van der Waals surface area contributed by atoms with Gasteiger partial charge in [0.2, 0.25) is 0 Å². The number of piperidine rings is 1. The van der Waals surface area contributed by atoms with Gasteiger partial charge in [-0.1, -0.05) is 29.8 Å². The number of hydrogen-bond donors (Lipinski definition) is 1. The highest BCUT2D eigenvalue weighted by Crippen LogP contribution is 2.24. The minimum absolute atomic E-state index is 0.316. The van der Waals surface area contributed by atoms with Gasteiger partial charge in [-0.25, -0.2) is 0 Å². The second-order valence-electron chi connectivity index (χ2n) is 5.18. The van der Waals surface area contributed by atoms with E-state index in [9.17, 15) is 0 Å². The van der Waals surface area contributed by atoms with Crippen LogP contribution in [0.5, 0.6) is 0 Å². The van der Waals surface area contributed by atoms with E-state index in [1.807, 2.05) is 12.1 Å². The van der Waals surface area contributed by atoms with Crippen molar-refractivity contribution in [3.63, 3.8) is 0 Å². The zero-order chi connectivity index (χ0) is 12.3. The maximum Gasteiger partial charge on any atom is 0.0451 e. The van der Waals surface area contributed by atoms with Crippen molar-refractivity contribution in [2.45, 2.75) is 31.8 Å². The van der Waals surface area contributed by atoms with Crippen LogP contribution < -0.4 is 5.32 Å². The number of rotatable bonds is 3. The van der Waals surface area contributed by atoms with E-state index in [0.717, 1.165) is 24.7 Å². The Hall–Kier alpha value is -0.570. The number of nitrogens with one attached hydrogen (secondary N) is 1. The molecule has 1 heterocycles. The van der Waals surface area contributed by atoms with Crippen LogP contribution >= 0.6 is 11.6 Å². The highest BCUT2D eigenvalue weighted by molar-refractivity contribution is 6.31. The summed E-state index contributed by atoms with van der Waals surface area (Å²) in [6.07, 6.45) is 2.40. The van der Waals surface area contributed by atoms with Crippen molar-refractivity contribution in [1.29, 1.82) is 0 Å². The van der Waals surface area contributed by atoms with Crippen molar-refractivity contribution >= 4 is 11.6 Å². The molecule has 94 valence electrons. The average Bonchev–Trinajstić information content (AvgIpc) is 2.35. The van der Waals surface area contributed by atoms with Crippen LogP contribution in [0.3, 0.4) is 0 Å². The number of benzene rings is 1. The molecular weight excluding hydrogens is 232 g/mol. The van der Waals surface area contributed by atoms with Gasteiger partial charge in [-0.3, -0.25) is 4.90 Å². The van der Waals surface area contributed by atoms with Crippen molar-refractivity contribution in [2.24, 2.45) is 0 Å². The van der Waals surface area contributed by atoms with E-state index < -0.39 is 0 Å². The van der Waals surface area contributed by atoms with E-state index in [4.69, 9.17) is 11.6 Å². The van der Waals surface area contributed by atoms with Gasteiger partial charge in [-0.2, -0.15) is 0 Å². The highest BCUT2D eigenvalue weighted by atomic mass is 35.5. The van der Waals surface area contributed by atoms with E-state index in [2.05, 4.69) is 36.3 Å². The summed E-state index contributed by atoms with van der Waals surface area (Å²) in [6, 6.07) is 8.13. The Kier molecular flexibility index (Phi) is 4.08. The summed E-state index contributed by atoms with van der Waals surface area (Å²) < 4.78 is 0. The molecule has 0 amide bonds. The van der Waals surface area contributed by atoms with Crippen LogP contribution in [-0.2, 0) is 6.54 Å². The van der Waals surface area contributed by atoms with E-state index in [1.165, 1.54) is 18.4 Å². The van der Waals surface area contributed by atoms with Crippen LogP contribution in [0.4, 0.5) is 0 Å². The first kappa shape index (κ1) is 12.9. The van der Waals surface area contributed by atoms with Crippen molar-refractivity contribution < 1.29 is 0 Å². The summed E-state index contributed by atoms with van der Waals surface area (Å²) in [4.78, 5) is 2.49. The van der Waals surface area contributed by atoms with E-state index in [-0.39, 0.29) is 0 Å². The normalized spacial score (nSPS) is 20.4. The summed E-state index contributed by atoms with van der Waals surface area (Å²) in [5.41, 5.74) is 1.55. The fourth-order valence-corrected chi connectivity index (χ4v) is 2.52. The van der Waals surface area contributed by atoms with Crippen molar-refractivity contribution in [1.82, 2.24) is 10.2 Å². The molecule has 0 saturated carbocycles. The van der Waals surface area contributed by atoms with E-state index in [0.29, 0.717) is 5.54 Å². The molecule has 0 spiro atoms. The van der Waals surface area contributed by atoms with Crippen LogP contribution in [0.2, 0.25) is 5.02 Å². The fraction of sp³-hybridized carbons (Fsp3) is 0.571. The number of hydrogen-bond acceptors (Lipinski definition) is 2. The standard InChI is InChI=1S/C14H21ClN2/c1-14(16-2)7-9-17(10-8-14)11-12-5-3-4-6-13(12)15/h3-6,16H,7-11H2,1-2H3. The number of nitrogens with zero attached hydrogens (tertiary/aromatic N) is 1. The largest absolute Gasteiger partial charge is 0.314 e. The minimum Gasteiger partial charge on any atom is -0.314 e. The summed E-state index contributed by atoms with van der Waals surface area (Å²) >= 11 is 6.19. The highest BCUT2D eigenvalue weighted by Gasteiger charge is 2.28. The maximum absolute atomic E-state index is 6.19. The maximum atomic E-state index is 6.19. The molecule has 0 bridgehead atoms. The molecule has 2 nitrogen and oxygen atoms in total. The Morgan fingerprint density at radius 3 is 2.53 bits per heavy atom. The van der Waals surface area contributed by atoms with Crippen LogP contribution in [0.25, 0.3) is 0 Å². The average molecular weight is 253 g/mol. The molecule has 0 aliphatic carbocycles. The number of likely N-dealkylation sites (tertiary alicyclic amines) is 1. The topological polar surface area (TPSA) is 15.3 Å². The molecule has 0 atom stereocenters. The molecule has 2 rings (SSSR count). The van der Waals surface area contributed by atoms with Gasteiger partial charge in [0.1, 0.15) is 0 Å². The Morgan fingerprint density at radius 2 is 1.94 bits per heavy atom. The second-order valence-corrected chi connectivity index (χ2v) is 5.59. The lowest BCUT2D eigenvalue weighted by molar-refractivity contribution is 0.146. The van der Waals surface area contributed by atoms with Gasteiger partial charge in [-0.15, -0.1) is 0 Å². The Morgan fingerprint density at radius 1 is 1.29 bits per heavy atom. The van der Waals surface area contributed by atoms with Crippen LogP contribution in [0.1, 0.15) is 25.3 Å². The molecule has 1 saturated heterocycles. The molecule has 1 aliphatic heterocycles. The predicted molar refractivity (Wildman–Crippen MR) is 73.4 cm³/mol. The zero-order valence-electron chi connectivity index (χ0n) is 10.7. The molecule has 1 aliphatic rings. The first-order valence-electron chi connectivity index (χ1n) is 6.28.